The van der Waals surface area contributed by atoms with Gasteiger partial charge in [-0.3, -0.25) is 4.79 Å². The van der Waals surface area contributed by atoms with Gasteiger partial charge in [-0.2, -0.15) is 5.10 Å². The molecule has 1 amide bonds. The first kappa shape index (κ1) is 11.9. The summed E-state index contributed by atoms with van der Waals surface area (Å²) in [5, 5.41) is 4.16. The monoisotopic (exact) mass is 235 g/mol. The third-order valence-electron chi connectivity index (χ3n) is 2.98. The second-order valence-electron chi connectivity index (χ2n) is 4.31. The standard InChI is InChI=1S/C12H17N3O2/c1-9-11(5-8-17-9)12(16)14-13-10-3-6-15(2)7-4-10/h5,8H,3-4,6-7H2,1-2H3,(H,14,16). The second kappa shape index (κ2) is 5.14. The maximum absolute atomic E-state index is 11.7. The van der Waals surface area contributed by atoms with Crippen molar-refractivity contribution in [2.45, 2.75) is 19.8 Å². The number of nitrogens with zero attached hydrogens (tertiary/aromatic N) is 2. The SMILES string of the molecule is Cc1occc1C(=O)NN=C1CCN(C)CC1. The summed E-state index contributed by atoms with van der Waals surface area (Å²) in [5.41, 5.74) is 4.18. The first-order chi connectivity index (χ1) is 8.16. The molecule has 0 atom stereocenters. The molecule has 0 saturated carbocycles. The molecule has 0 aliphatic carbocycles. The number of carbonyl (C=O) groups is 1. The zero-order valence-electron chi connectivity index (χ0n) is 10.2. The van der Waals surface area contributed by atoms with Gasteiger partial charge in [0, 0.05) is 31.6 Å². The zero-order chi connectivity index (χ0) is 12.3. The van der Waals surface area contributed by atoms with Gasteiger partial charge in [-0.1, -0.05) is 0 Å². The predicted molar refractivity (Wildman–Crippen MR) is 65.1 cm³/mol. The average Bonchev–Trinajstić information content (AvgIpc) is 2.74. The van der Waals surface area contributed by atoms with Gasteiger partial charge in [0.25, 0.3) is 5.91 Å². The van der Waals surface area contributed by atoms with Crippen molar-refractivity contribution in [3.8, 4) is 0 Å². The summed E-state index contributed by atoms with van der Waals surface area (Å²) in [6.45, 7) is 3.76. The molecule has 5 nitrogen and oxygen atoms in total. The molecule has 1 N–H and O–H groups in total. The Balaban J connectivity index is 1.92. The maximum Gasteiger partial charge on any atom is 0.274 e. The van der Waals surface area contributed by atoms with Crippen molar-refractivity contribution < 1.29 is 9.21 Å². The Morgan fingerprint density at radius 1 is 1.47 bits per heavy atom. The minimum Gasteiger partial charge on any atom is -0.469 e. The fourth-order valence-corrected chi connectivity index (χ4v) is 1.80. The lowest BCUT2D eigenvalue weighted by Gasteiger charge is -2.22. The number of likely N-dealkylation sites (tertiary alicyclic amines) is 1. The Hall–Kier alpha value is -1.62. The quantitative estimate of drug-likeness (QED) is 0.788. The van der Waals surface area contributed by atoms with E-state index in [1.165, 1.54) is 6.26 Å². The van der Waals surface area contributed by atoms with Crippen LogP contribution < -0.4 is 5.43 Å². The Labute approximate surface area is 100 Å². The van der Waals surface area contributed by atoms with Gasteiger partial charge in [0.15, 0.2) is 0 Å². The van der Waals surface area contributed by atoms with Crippen LogP contribution in [0.15, 0.2) is 21.8 Å². The van der Waals surface area contributed by atoms with E-state index >= 15 is 0 Å². The largest absolute Gasteiger partial charge is 0.469 e. The molecule has 1 aliphatic rings. The molecule has 1 aromatic heterocycles. The third kappa shape index (κ3) is 2.94. The number of amides is 1. The van der Waals surface area contributed by atoms with Crippen molar-refractivity contribution >= 4 is 11.6 Å². The molecule has 0 bridgehead atoms. The van der Waals surface area contributed by atoms with E-state index < -0.39 is 0 Å². The lowest BCUT2D eigenvalue weighted by molar-refractivity contribution is 0.0953. The van der Waals surface area contributed by atoms with Gasteiger partial charge < -0.3 is 9.32 Å². The highest BCUT2D eigenvalue weighted by molar-refractivity contribution is 5.96. The van der Waals surface area contributed by atoms with Crippen molar-refractivity contribution in [2.75, 3.05) is 20.1 Å². The molecule has 2 heterocycles. The Morgan fingerprint density at radius 3 is 2.76 bits per heavy atom. The zero-order valence-corrected chi connectivity index (χ0v) is 10.2. The number of aryl methyl sites for hydroxylation is 1. The van der Waals surface area contributed by atoms with Gasteiger partial charge in [0.1, 0.15) is 5.76 Å². The number of hydrazone groups is 1. The summed E-state index contributed by atoms with van der Waals surface area (Å²) in [4.78, 5) is 14.0. The highest BCUT2D eigenvalue weighted by Gasteiger charge is 2.13. The lowest BCUT2D eigenvalue weighted by Crippen LogP contribution is -2.32. The van der Waals surface area contributed by atoms with Crippen molar-refractivity contribution in [1.82, 2.24) is 10.3 Å². The first-order valence-electron chi connectivity index (χ1n) is 5.75. The van der Waals surface area contributed by atoms with Gasteiger partial charge in [0.05, 0.1) is 11.8 Å². The summed E-state index contributed by atoms with van der Waals surface area (Å²) in [7, 11) is 2.09. The van der Waals surface area contributed by atoms with Crippen LogP contribution in [0.3, 0.4) is 0 Å². The molecule has 5 heteroatoms. The number of furan rings is 1. The van der Waals surface area contributed by atoms with Crippen LogP contribution in [0.25, 0.3) is 0 Å². The highest BCUT2D eigenvalue weighted by atomic mass is 16.3. The average molecular weight is 235 g/mol. The molecule has 0 radical (unpaired) electrons. The first-order valence-corrected chi connectivity index (χ1v) is 5.75. The van der Waals surface area contributed by atoms with Gasteiger partial charge in [-0.05, 0) is 20.0 Å². The number of hydrogen-bond donors (Lipinski definition) is 1. The molecular formula is C12H17N3O2. The Kier molecular flexibility index (Phi) is 3.58. The molecule has 17 heavy (non-hydrogen) atoms. The molecular weight excluding hydrogens is 218 g/mol. The minimum absolute atomic E-state index is 0.206. The fraction of sp³-hybridized carbons (Fsp3) is 0.500. The summed E-state index contributed by atoms with van der Waals surface area (Å²) >= 11 is 0. The summed E-state index contributed by atoms with van der Waals surface area (Å²) in [6, 6.07) is 1.65. The van der Waals surface area contributed by atoms with Crippen LogP contribution in [0.5, 0.6) is 0 Å². The van der Waals surface area contributed by atoms with Crippen LogP contribution in [-0.4, -0.2) is 36.7 Å². The van der Waals surface area contributed by atoms with E-state index in [0.29, 0.717) is 11.3 Å². The Morgan fingerprint density at radius 2 is 2.18 bits per heavy atom. The molecule has 1 fully saturated rings. The highest BCUT2D eigenvalue weighted by Crippen LogP contribution is 2.09. The lowest BCUT2D eigenvalue weighted by atomic mass is 10.1. The van der Waals surface area contributed by atoms with E-state index in [4.69, 9.17) is 4.42 Å². The van der Waals surface area contributed by atoms with Crippen molar-refractivity contribution in [3.63, 3.8) is 0 Å². The van der Waals surface area contributed by atoms with Gasteiger partial charge in [-0.15, -0.1) is 0 Å². The topological polar surface area (TPSA) is 57.8 Å². The van der Waals surface area contributed by atoms with Crippen LogP contribution in [0.4, 0.5) is 0 Å². The summed E-state index contributed by atoms with van der Waals surface area (Å²) < 4.78 is 5.08. The fourth-order valence-electron chi connectivity index (χ4n) is 1.80. The van der Waals surface area contributed by atoms with Crippen molar-refractivity contribution in [1.29, 1.82) is 0 Å². The van der Waals surface area contributed by atoms with E-state index in [-0.39, 0.29) is 5.91 Å². The van der Waals surface area contributed by atoms with Crippen molar-refractivity contribution in [2.24, 2.45) is 5.10 Å². The van der Waals surface area contributed by atoms with Crippen LogP contribution in [-0.2, 0) is 0 Å². The van der Waals surface area contributed by atoms with Gasteiger partial charge in [-0.25, -0.2) is 5.43 Å². The molecule has 0 aromatic carbocycles. The van der Waals surface area contributed by atoms with E-state index in [9.17, 15) is 4.79 Å². The molecule has 0 unspecified atom stereocenters. The normalized spacial score (nSPS) is 16.9. The van der Waals surface area contributed by atoms with Gasteiger partial charge >= 0.3 is 0 Å². The molecule has 1 saturated heterocycles. The maximum atomic E-state index is 11.7. The van der Waals surface area contributed by atoms with Crippen LogP contribution in [0.2, 0.25) is 0 Å². The van der Waals surface area contributed by atoms with Crippen LogP contribution in [0.1, 0.15) is 29.0 Å². The molecule has 2 rings (SSSR count). The van der Waals surface area contributed by atoms with Gasteiger partial charge in [0.2, 0.25) is 0 Å². The van der Waals surface area contributed by atoms with E-state index in [1.54, 1.807) is 13.0 Å². The van der Waals surface area contributed by atoms with Crippen LogP contribution >= 0.6 is 0 Å². The van der Waals surface area contributed by atoms with Crippen LogP contribution in [0, 0.1) is 6.92 Å². The number of rotatable bonds is 2. The minimum atomic E-state index is -0.206. The molecule has 92 valence electrons. The van der Waals surface area contributed by atoms with E-state index in [2.05, 4.69) is 22.5 Å². The third-order valence-corrected chi connectivity index (χ3v) is 2.98. The smallest absolute Gasteiger partial charge is 0.274 e. The molecule has 0 spiro atoms. The number of hydrogen-bond acceptors (Lipinski definition) is 4. The van der Waals surface area contributed by atoms with Crippen molar-refractivity contribution in [3.05, 3.63) is 23.7 Å². The number of nitrogens with one attached hydrogen (secondary N) is 1. The number of carbonyl (C=O) groups excluding carboxylic acids is 1. The predicted octanol–water partition coefficient (Wildman–Crippen LogP) is 1.40. The molecule has 1 aliphatic heterocycles. The summed E-state index contributed by atoms with van der Waals surface area (Å²) in [6.07, 6.45) is 3.34. The number of piperidine rings is 1. The van der Waals surface area contributed by atoms with E-state index in [0.717, 1.165) is 31.6 Å². The molecule has 1 aromatic rings. The van der Waals surface area contributed by atoms with E-state index in [1.807, 2.05) is 0 Å². The second-order valence-corrected chi connectivity index (χ2v) is 4.31. The Bertz CT molecular complexity index is 427. The summed E-state index contributed by atoms with van der Waals surface area (Å²) in [5.74, 6) is 0.411.